The van der Waals surface area contributed by atoms with E-state index in [1.54, 1.807) is 0 Å². The molecule has 0 N–H and O–H groups in total. The van der Waals surface area contributed by atoms with Crippen molar-refractivity contribution in [3.8, 4) is 0 Å². The van der Waals surface area contributed by atoms with Gasteiger partial charge in [-0.3, -0.25) is 9.88 Å². The molecule has 2 aromatic heterocycles. The summed E-state index contributed by atoms with van der Waals surface area (Å²) in [6.45, 7) is 9.10. The van der Waals surface area contributed by atoms with Gasteiger partial charge in [0.2, 0.25) is 5.89 Å². The molecule has 2 aromatic rings. The highest BCUT2D eigenvalue weighted by Gasteiger charge is 2.19. The first kappa shape index (κ1) is 15.0. The average molecular weight is 301 g/mol. The lowest BCUT2D eigenvalue weighted by Gasteiger charge is -2.35. The Balaban J connectivity index is 1.50. The predicted octanol–water partition coefficient (Wildman–Crippen LogP) is 1.99. The fourth-order valence-electron chi connectivity index (χ4n) is 2.71. The standard InChI is InChI=1S/C16H23N5O/c1-13(2)11-15-18-16(22-19-15)12-20-7-9-21(10-8-20)14-3-5-17-6-4-14/h3-6,13H,7-12H2,1-2H3. The number of anilines is 1. The van der Waals surface area contributed by atoms with E-state index in [0.29, 0.717) is 5.92 Å². The van der Waals surface area contributed by atoms with E-state index in [1.807, 2.05) is 12.4 Å². The summed E-state index contributed by atoms with van der Waals surface area (Å²) < 4.78 is 5.36. The average Bonchev–Trinajstić information content (AvgIpc) is 2.95. The van der Waals surface area contributed by atoms with Gasteiger partial charge in [0.15, 0.2) is 5.82 Å². The van der Waals surface area contributed by atoms with Crippen molar-refractivity contribution in [2.45, 2.75) is 26.8 Å². The van der Waals surface area contributed by atoms with E-state index in [2.05, 4.69) is 50.9 Å². The van der Waals surface area contributed by atoms with Crippen LogP contribution in [0.25, 0.3) is 0 Å². The molecule has 1 aliphatic rings. The zero-order valence-corrected chi connectivity index (χ0v) is 13.3. The van der Waals surface area contributed by atoms with Crippen LogP contribution in [-0.4, -0.2) is 46.2 Å². The second-order valence-electron chi connectivity index (χ2n) is 6.17. The fraction of sp³-hybridized carbons (Fsp3) is 0.562. The van der Waals surface area contributed by atoms with Gasteiger partial charge in [-0.1, -0.05) is 19.0 Å². The lowest BCUT2D eigenvalue weighted by atomic mass is 10.1. The number of hydrogen-bond donors (Lipinski definition) is 0. The summed E-state index contributed by atoms with van der Waals surface area (Å²) in [5.41, 5.74) is 1.24. The lowest BCUT2D eigenvalue weighted by Crippen LogP contribution is -2.46. The Hall–Kier alpha value is -1.95. The Morgan fingerprint density at radius 3 is 2.55 bits per heavy atom. The minimum atomic E-state index is 0.550. The van der Waals surface area contributed by atoms with Gasteiger partial charge >= 0.3 is 0 Å². The summed E-state index contributed by atoms with van der Waals surface area (Å²) in [5.74, 6) is 2.10. The third kappa shape index (κ3) is 3.82. The SMILES string of the molecule is CC(C)Cc1noc(CN2CCN(c3ccncc3)CC2)n1. The molecule has 1 aliphatic heterocycles. The van der Waals surface area contributed by atoms with Crippen molar-refractivity contribution in [1.82, 2.24) is 20.0 Å². The van der Waals surface area contributed by atoms with Gasteiger partial charge in [-0.05, 0) is 18.1 Å². The van der Waals surface area contributed by atoms with Gasteiger partial charge in [-0.15, -0.1) is 0 Å². The molecule has 0 bridgehead atoms. The van der Waals surface area contributed by atoms with Crippen LogP contribution >= 0.6 is 0 Å². The van der Waals surface area contributed by atoms with E-state index in [4.69, 9.17) is 4.52 Å². The monoisotopic (exact) mass is 301 g/mol. The Bertz CT molecular complexity index is 575. The van der Waals surface area contributed by atoms with Crippen LogP contribution in [0.2, 0.25) is 0 Å². The van der Waals surface area contributed by atoms with Crippen LogP contribution in [0.3, 0.4) is 0 Å². The maximum atomic E-state index is 5.36. The van der Waals surface area contributed by atoms with Crippen molar-refractivity contribution >= 4 is 5.69 Å². The van der Waals surface area contributed by atoms with Crippen LogP contribution in [0.15, 0.2) is 29.0 Å². The van der Waals surface area contributed by atoms with Gasteiger partial charge in [-0.25, -0.2) is 0 Å². The molecule has 118 valence electrons. The highest BCUT2D eigenvalue weighted by molar-refractivity contribution is 5.44. The molecule has 0 radical (unpaired) electrons. The van der Waals surface area contributed by atoms with Gasteiger partial charge in [-0.2, -0.15) is 4.98 Å². The Morgan fingerprint density at radius 1 is 1.14 bits per heavy atom. The summed E-state index contributed by atoms with van der Waals surface area (Å²) in [6, 6.07) is 4.12. The molecule has 0 amide bonds. The predicted molar refractivity (Wildman–Crippen MR) is 84.6 cm³/mol. The van der Waals surface area contributed by atoms with Gasteiger partial charge in [0.25, 0.3) is 0 Å². The van der Waals surface area contributed by atoms with Gasteiger partial charge in [0.05, 0.1) is 6.54 Å². The topological polar surface area (TPSA) is 58.3 Å². The summed E-state index contributed by atoms with van der Waals surface area (Å²) in [4.78, 5) is 13.3. The van der Waals surface area contributed by atoms with Crippen LogP contribution in [0.5, 0.6) is 0 Å². The molecule has 0 spiro atoms. The number of rotatable bonds is 5. The van der Waals surface area contributed by atoms with Crippen molar-refractivity contribution in [2.24, 2.45) is 5.92 Å². The molecule has 22 heavy (non-hydrogen) atoms. The molecule has 3 heterocycles. The molecular weight excluding hydrogens is 278 g/mol. The molecule has 6 nitrogen and oxygen atoms in total. The van der Waals surface area contributed by atoms with Crippen LogP contribution < -0.4 is 4.90 Å². The minimum Gasteiger partial charge on any atom is -0.369 e. The molecule has 0 aliphatic carbocycles. The molecule has 1 saturated heterocycles. The van der Waals surface area contributed by atoms with E-state index in [1.165, 1.54) is 5.69 Å². The third-order valence-corrected chi connectivity index (χ3v) is 3.86. The molecule has 3 rings (SSSR count). The molecule has 0 atom stereocenters. The summed E-state index contributed by atoms with van der Waals surface area (Å²) in [7, 11) is 0. The summed E-state index contributed by atoms with van der Waals surface area (Å²) >= 11 is 0. The third-order valence-electron chi connectivity index (χ3n) is 3.86. The fourth-order valence-corrected chi connectivity index (χ4v) is 2.71. The number of nitrogens with zero attached hydrogens (tertiary/aromatic N) is 5. The van der Waals surface area contributed by atoms with E-state index in [0.717, 1.165) is 50.9 Å². The summed E-state index contributed by atoms with van der Waals surface area (Å²) in [6.07, 6.45) is 4.56. The van der Waals surface area contributed by atoms with Crippen molar-refractivity contribution in [1.29, 1.82) is 0 Å². The second kappa shape index (κ2) is 6.87. The zero-order valence-electron chi connectivity index (χ0n) is 13.3. The van der Waals surface area contributed by atoms with Crippen LogP contribution in [0, 0.1) is 5.92 Å². The molecule has 0 saturated carbocycles. The van der Waals surface area contributed by atoms with E-state index in [-0.39, 0.29) is 0 Å². The normalized spacial score (nSPS) is 16.4. The maximum absolute atomic E-state index is 5.36. The Morgan fingerprint density at radius 2 is 1.86 bits per heavy atom. The quantitative estimate of drug-likeness (QED) is 0.842. The van der Waals surface area contributed by atoms with Gasteiger partial charge in [0, 0.05) is 50.7 Å². The largest absolute Gasteiger partial charge is 0.369 e. The molecule has 0 unspecified atom stereocenters. The molecular formula is C16H23N5O. The smallest absolute Gasteiger partial charge is 0.240 e. The first-order valence-electron chi connectivity index (χ1n) is 7.89. The Kier molecular flexibility index (Phi) is 4.68. The molecule has 0 aromatic carbocycles. The lowest BCUT2D eigenvalue weighted by molar-refractivity contribution is 0.215. The number of hydrogen-bond acceptors (Lipinski definition) is 6. The second-order valence-corrected chi connectivity index (χ2v) is 6.17. The number of pyridine rings is 1. The van der Waals surface area contributed by atoms with Crippen molar-refractivity contribution < 1.29 is 4.52 Å². The minimum absolute atomic E-state index is 0.550. The number of piperazine rings is 1. The first-order valence-corrected chi connectivity index (χ1v) is 7.89. The van der Waals surface area contributed by atoms with Crippen molar-refractivity contribution in [3.05, 3.63) is 36.2 Å². The van der Waals surface area contributed by atoms with E-state index >= 15 is 0 Å². The zero-order chi connectivity index (χ0) is 15.4. The van der Waals surface area contributed by atoms with Crippen molar-refractivity contribution in [2.75, 3.05) is 31.1 Å². The van der Waals surface area contributed by atoms with E-state index < -0.39 is 0 Å². The highest BCUT2D eigenvalue weighted by Crippen LogP contribution is 2.16. The molecule has 1 fully saturated rings. The van der Waals surface area contributed by atoms with Gasteiger partial charge in [0.1, 0.15) is 0 Å². The maximum Gasteiger partial charge on any atom is 0.240 e. The van der Waals surface area contributed by atoms with Crippen LogP contribution in [0.1, 0.15) is 25.6 Å². The Labute approximate surface area is 131 Å². The van der Waals surface area contributed by atoms with Gasteiger partial charge < -0.3 is 9.42 Å². The van der Waals surface area contributed by atoms with Crippen molar-refractivity contribution in [3.63, 3.8) is 0 Å². The van der Waals surface area contributed by atoms with E-state index in [9.17, 15) is 0 Å². The first-order chi connectivity index (χ1) is 10.7. The van der Waals surface area contributed by atoms with Crippen LogP contribution in [0.4, 0.5) is 5.69 Å². The summed E-state index contributed by atoms with van der Waals surface area (Å²) in [5, 5.41) is 4.05. The van der Waals surface area contributed by atoms with Crippen LogP contribution in [-0.2, 0) is 13.0 Å². The highest BCUT2D eigenvalue weighted by atomic mass is 16.5. The number of aromatic nitrogens is 3. The molecule has 6 heteroatoms.